The Labute approximate surface area is 101 Å². The van der Waals surface area contributed by atoms with Gasteiger partial charge in [0.2, 0.25) is 0 Å². The Balaban J connectivity index is 0.000000845. The number of halogens is 3. The van der Waals surface area contributed by atoms with Gasteiger partial charge >= 0.3 is 0 Å². The molecule has 1 aromatic heterocycles. The van der Waals surface area contributed by atoms with E-state index in [-0.39, 0.29) is 24.8 Å². The van der Waals surface area contributed by atoms with Crippen molar-refractivity contribution < 1.29 is 0 Å². The molecule has 0 aliphatic carbocycles. The Morgan fingerprint density at radius 1 is 1.36 bits per heavy atom. The molecule has 5 heteroatoms. The molecule has 1 aliphatic rings. The van der Waals surface area contributed by atoms with Gasteiger partial charge in [-0.3, -0.25) is 4.98 Å². The summed E-state index contributed by atoms with van der Waals surface area (Å²) in [5, 5.41) is 4.12. The summed E-state index contributed by atoms with van der Waals surface area (Å²) < 4.78 is 0. The number of nitrogens with zero attached hydrogens (tertiary/aromatic N) is 1. The Kier molecular flexibility index (Phi) is 6.45. The van der Waals surface area contributed by atoms with Gasteiger partial charge in [0.1, 0.15) is 0 Å². The zero-order valence-electron chi connectivity index (χ0n) is 7.57. The van der Waals surface area contributed by atoms with Gasteiger partial charge in [0, 0.05) is 18.4 Å². The number of pyridine rings is 1. The quantitative estimate of drug-likeness (QED) is 0.834. The van der Waals surface area contributed by atoms with E-state index < -0.39 is 0 Å². The lowest BCUT2D eigenvalue weighted by molar-refractivity contribution is 0.645. The lowest BCUT2D eigenvalue weighted by atomic mass is 10.1. The molecule has 0 saturated carbocycles. The van der Waals surface area contributed by atoms with E-state index in [1.165, 1.54) is 18.4 Å². The molecule has 1 unspecified atom stereocenters. The average molecular weight is 256 g/mol. The molecule has 0 aromatic carbocycles. The van der Waals surface area contributed by atoms with Crippen LogP contribution in [-0.2, 0) is 0 Å². The van der Waals surface area contributed by atoms with Crippen LogP contribution >= 0.6 is 36.4 Å². The molecule has 2 rings (SSSR count). The molecule has 2 heterocycles. The maximum atomic E-state index is 5.83. The van der Waals surface area contributed by atoms with Gasteiger partial charge in [-0.25, -0.2) is 0 Å². The lowest BCUT2D eigenvalue weighted by Gasteiger charge is -2.09. The fourth-order valence-corrected chi connectivity index (χ4v) is 1.77. The van der Waals surface area contributed by atoms with Crippen LogP contribution in [0, 0.1) is 0 Å². The summed E-state index contributed by atoms with van der Waals surface area (Å²) in [5.41, 5.74) is 1.21. The molecule has 1 aromatic rings. The monoisotopic (exact) mass is 254 g/mol. The van der Waals surface area contributed by atoms with E-state index in [4.69, 9.17) is 11.6 Å². The molecule has 2 nitrogen and oxygen atoms in total. The first-order valence-corrected chi connectivity index (χ1v) is 4.58. The van der Waals surface area contributed by atoms with Gasteiger partial charge in [0.15, 0.2) is 0 Å². The van der Waals surface area contributed by atoms with Crippen molar-refractivity contribution in [3.63, 3.8) is 0 Å². The van der Waals surface area contributed by atoms with Gasteiger partial charge in [0.05, 0.1) is 5.02 Å². The van der Waals surface area contributed by atoms with E-state index in [1.807, 2.05) is 12.3 Å². The molecule has 0 radical (unpaired) electrons. The molecule has 14 heavy (non-hydrogen) atoms. The molecule has 1 N–H and O–H groups in total. The zero-order chi connectivity index (χ0) is 8.39. The molecule has 1 atom stereocenters. The Morgan fingerprint density at radius 2 is 2.14 bits per heavy atom. The Morgan fingerprint density at radius 3 is 2.71 bits per heavy atom. The van der Waals surface area contributed by atoms with Crippen LogP contribution in [0.5, 0.6) is 0 Å². The van der Waals surface area contributed by atoms with Crippen LogP contribution < -0.4 is 5.32 Å². The van der Waals surface area contributed by atoms with E-state index in [9.17, 15) is 0 Å². The van der Waals surface area contributed by atoms with Crippen molar-refractivity contribution in [1.29, 1.82) is 0 Å². The van der Waals surface area contributed by atoms with Gasteiger partial charge in [0.25, 0.3) is 0 Å². The predicted octanol–water partition coefficient (Wildman–Crippen LogP) is 3.00. The summed E-state index contributed by atoms with van der Waals surface area (Å²) in [4.78, 5) is 4.06. The second kappa shape index (κ2) is 6.46. The number of aromatic nitrogens is 1. The van der Waals surface area contributed by atoms with Crippen molar-refractivity contribution >= 4 is 36.4 Å². The first kappa shape index (κ1) is 14.0. The summed E-state index contributed by atoms with van der Waals surface area (Å²) in [7, 11) is 0. The number of hydrogen-bond donors (Lipinski definition) is 1. The molecule has 0 amide bonds. The van der Waals surface area contributed by atoms with E-state index in [0.29, 0.717) is 6.04 Å². The van der Waals surface area contributed by atoms with Crippen LogP contribution in [-0.4, -0.2) is 11.5 Å². The summed E-state index contributed by atoms with van der Waals surface area (Å²) in [6.07, 6.45) is 5.99. The van der Waals surface area contributed by atoms with Crippen LogP contribution in [0.2, 0.25) is 5.02 Å². The number of rotatable bonds is 1. The molecule has 80 valence electrons. The minimum absolute atomic E-state index is 0. The summed E-state index contributed by atoms with van der Waals surface area (Å²) in [5.74, 6) is 0. The normalized spacial score (nSPS) is 19.6. The highest BCUT2D eigenvalue weighted by Gasteiger charge is 2.15. The highest BCUT2D eigenvalue weighted by molar-refractivity contribution is 6.30. The first-order chi connectivity index (χ1) is 5.86. The Bertz CT molecular complexity index is 275. The van der Waals surface area contributed by atoms with Crippen molar-refractivity contribution in [1.82, 2.24) is 10.3 Å². The second-order valence-electron chi connectivity index (χ2n) is 3.09. The van der Waals surface area contributed by atoms with Gasteiger partial charge in [-0.1, -0.05) is 11.6 Å². The zero-order valence-corrected chi connectivity index (χ0v) is 9.96. The van der Waals surface area contributed by atoms with Gasteiger partial charge in [-0.2, -0.15) is 0 Å². The largest absolute Gasteiger partial charge is 0.310 e. The van der Waals surface area contributed by atoms with E-state index in [2.05, 4.69) is 10.3 Å². The van der Waals surface area contributed by atoms with Gasteiger partial charge in [-0.05, 0) is 31.0 Å². The molecule has 0 spiro atoms. The fourth-order valence-electron chi connectivity index (χ4n) is 1.59. The van der Waals surface area contributed by atoms with Crippen molar-refractivity contribution in [2.75, 3.05) is 6.54 Å². The standard InChI is InChI=1S/C9H11ClN2.2ClH/c10-8-4-7(5-11-6-8)9-2-1-3-12-9;;/h4-6,9,12H,1-3H2;2*1H. The van der Waals surface area contributed by atoms with E-state index in [0.717, 1.165) is 11.6 Å². The third-order valence-corrected chi connectivity index (χ3v) is 2.40. The van der Waals surface area contributed by atoms with Crippen LogP contribution in [0.25, 0.3) is 0 Å². The molecule has 0 bridgehead atoms. The first-order valence-electron chi connectivity index (χ1n) is 4.20. The minimum Gasteiger partial charge on any atom is -0.310 e. The summed E-state index contributed by atoms with van der Waals surface area (Å²) in [6.45, 7) is 1.11. The molecule has 1 saturated heterocycles. The van der Waals surface area contributed by atoms with Gasteiger partial charge < -0.3 is 5.32 Å². The SMILES string of the molecule is Cl.Cl.Clc1cncc(C2CCCN2)c1. The molecular formula is C9H13Cl3N2. The minimum atomic E-state index is 0. The fraction of sp³-hybridized carbons (Fsp3) is 0.444. The summed E-state index contributed by atoms with van der Waals surface area (Å²) >= 11 is 5.83. The second-order valence-corrected chi connectivity index (χ2v) is 3.52. The average Bonchev–Trinajstić information content (AvgIpc) is 2.56. The van der Waals surface area contributed by atoms with Gasteiger partial charge in [-0.15, -0.1) is 24.8 Å². The van der Waals surface area contributed by atoms with Crippen molar-refractivity contribution in [3.05, 3.63) is 29.0 Å². The van der Waals surface area contributed by atoms with Crippen LogP contribution in [0.3, 0.4) is 0 Å². The van der Waals surface area contributed by atoms with Crippen LogP contribution in [0.15, 0.2) is 18.5 Å². The highest BCUT2D eigenvalue weighted by Crippen LogP contribution is 2.23. The number of nitrogens with one attached hydrogen (secondary N) is 1. The molecule has 1 aliphatic heterocycles. The maximum Gasteiger partial charge on any atom is 0.0592 e. The topological polar surface area (TPSA) is 24.9 Å². The number of hydrogen-bond acceptors (Lipinski definition) is 2. The third-order valence-electron chi connectivity index (χ3n) is 2.19. The molecule has 1 fully saturated rings. The maximum absolute atomic E-state index is 5.83. The van der Waals surface area contributed by atoms with Crippen molar-refractivity contribution in [2.24, 2.45) is 0 Å². The van der Waals surface area contributed by atoms with Crippen molar-refractivity contribution in [2.45, 2.75) is 18.9 Å². The van der Waals surface area contributed by atoms with Crippen LogP contribution in [0.4, 0.5) is 0 Å². The van der Waals surface area contributed by atoms with Crippen molar-refractivity contribution in [3.8, 4) is 0 Å². The highest BCUT2D eigenvalue weighted by atomic mass is 35.5. The van der Waals surface area contributed by atoms with E-state index in [1.54, 1.807) is 6.20 Å². The Hall–Kier alpha value is -0.0200. The van der Waals surface area contributed by atoms with Crippen LogP contribution in [0.1, 0.15) is 24.4 Å². The third kappa shape index (κ3) is 3.28. The predicted molar refractivity (Wildman–Crippen MR) is 63.7 cm³/mol. The van der Waals surface area contributed by atoms with E-state index >= 15 is 0 Å². The lowest BCUT2D eigenvalue weighted by Crippen LogP contribution is -2.12. The summed E-state index contributed by atoms with van der Waals surface area (Å²) in [6, 6.07) is 2.45. The molecular weight excluding hydrogens is 242 g/mol. The smallest absolute Gasteiger partial charge is 0.0592 e.